The highest BCUT2D eigenvalue weighted by atomic mass is 32.2. The second-order valence-corrected chi connectivity index (χ2v) is 4.67. The van der Waals surface area contributed by atoms with Crippen molar-refractivity contribution in [1.29, 1.82) is 0 Å². The highest BCUT2D eigenvalue weighted by molar-refractivity contribution is 8.00. The highest BCUT2D eigenvalue weighted by Crippen LogP contribution is 2.29. The highest BCUT2D eigenvalue weighted by Gasteiger charge is 2.12. The summed E-state index contributed by atoms with van der Waals surface area (Å²) in [6, 6.07) is 4.44. The summed E-state index contributed by atoms with van der Waals surface area (Å²) in [6.45, 7) is 1.96. The van der Waals surface area contributed by atoms with Crippen LogP contribution in [0.25, 0.3) is 0 Å². The van der Waals surface area contributed by atoms with Crippen LogP contribution < -0.4 is 0 Å². The number of halogens is 1. The zero-order chi connectivity index (χ0) is 11.3. The van der Waals surface area contributed by atoms with Gasteiger partial charge in [0.2, 0.25) is 0 Å². The molecule has 4 heteroatoms. The van der Waals surface area contributed by atoms with Gasteiger partial charge in [0.25, 0.3) is 0 Å². The van der Waals surface area contributed by atoms with E-state index in [0.29, 0.717) is 23.2 Å². The molecule has 1 N–H and O–H groups in total. The van der Waals surface area contributed by atoms with Crippen LogP contribution in [0.1, 0.15) is 23.7 Å². The van der Waals surface area contributed by atoms with E-state index in [1.165, 1.54) is 23.9 Å². The van der Waals surface area contributed by atoms with Crippen molar-refractivity contribution in [2.75, 3.05) is 6.61 Å². The third-order valence-corrected chi connectivity index (χ3v) is 3.28. The molecule has 1 unspecified atom stereocenters. The van der Waals surface area contributed by atoms with E-state index in [0.717, 1.165) is 0 Å². The second-order valence-electron chi connectivity index (χ2n) is 3.22. The Bertz CT molecular complexity index is 341. The number of aliphatic hydroxyl groups excluding tert-OH is 1. The van der Waals surface area contributed by atoms with E-state index < -0.39 is 0 Å². The third-order valence-electron chi connectivity index (χ3n) is 1.98. The van der Waals surface area contributed by atoms with Gasteiger partial charge in [0, 0.05) is 17.4 Å². The maximum Gasteiger partial charge on any atom is 0.151 e. The number of carbonyl (C=O) groups is 1. The molecule has 0 amide bonds. The van der Waals surface area contributed by atoms with E-state index in [2.05, 4.69) is 0 Å². The van der Waals surface area contributed by atoms with Gasteiger partial charge in [0.15, 0.2) is 6.29 Å². The molecular formula is C11H13FO2S. The van der Waals surface area contributed by atoms with Crippen LogP contribution in [0.3, 0.4) is 0 Å². The number of hydrogen-bond donors (Lipinski definition) is 1. The summed E-state index contributed by atoms with van der Waals surface area (Å²) in [7, 11) is 0. The zero-order valence-corrected chi connectivity index (χ0v) is 9.26. The lowest BCUT2D eigenvalue weighted by atomic mass is 10.2. The van der Waals surface area contributed by atoms with Crippen LogP contribution in [0, 0.1) is 5.82 Å². The summed E-state index contributed by atoms with van der Waals surface area (Å²) in [5.41, 5.74) is 0.366. The molecule has 82 valence electrons. The first-order chi connectivity index (χ1) is 7.19. The maximum atomic E-state index is 13.4. The van der Waals surface area contributed by atoms with Gasteiger partial charge in [-0.1, -0.05) is 19.1 Å². The SMILES string of the molecule is CC(CCO)Sc1c(F)cccc1C=O. The lowest BCUT2D eigenvalue weighted by molar-refractivity contribution is 0.112. The van der Waals surface area contributed by atoms with Gasteiger partial charge in [-0.2, -0.15) is 0 Å². The van der Waals surface area contributed by atoms with Crippen LogP contribution in [-0.2, 0) is 0 Å². The number of thioether (sulfide) groups is 1. The minimum Gasteiger partial charge on any atom is -0.396 e. The summed E-state index contributed by atoms with van der Waals surface area (Å²) in [6.07, 6.45) is 1.23. The summed E-state index contributed by atoms with van der Waals surface area (Å²) in [5.74, 6) is -0.380. The fourth-order valence-corrected chi connectivity index (χ4v) is 2.24. The Labute approximate surface area is 92.5 Å². The molecule has 0 saturated heterocycles. The molecule has 0 aromatic heterocycles. The van der Waals surface area contributed by atoms with Gasteiger partial charge in [0.1, 0.15) is 5.82 Å². The zero-order valence-electron chi connectivity index (χ0n) is 8.44. The van der Waals surface area contributed by atoms with Gasteiger partial charge >= 0.3 is 0 Å². The van der Waals surface area contributed by atoms with E-state index in [1.807, 2.05) is 6.92 Å². The average Bonchev–Trinajstić information content (AvgIpc) is 2.21. The number of hydrogen-bond acceptors (Lipinski definition) is 3. The monoisotopic (exact) mass is 228 g/mol. The number of carbonyl (C=O) groups excluding carboxylic acids is 1. The van der Waals surface area contributed by atoms with Gasteiger partial charge in [-0.25, -0.2) is 4.39 Å². The van der Waals surface area contributed by atoms with Crippen LogP contribution in [0.15, 0.2) is 23.1 Å². The Balaban J connectivity index is 2.87. The molecule has 1 aromatic carbocycles. The minimum absolute atomic E-state index is 0.0685. The first kappa shape index (κ1) is 12.2. The van der Waals surface area contributed by atoms with Crippen LogP contribution in [0.5, 0.6) is 0 Å². The van der Waals surface area contributed by atoms with Crippen molar-refractivity contribution in [2.24, 2.45) is 0 Å². The fraction of sp³-hybridized carbons (Fsp3) is 0.364. The molecule has 0 spiro atoms. The molecule has 0 bridgehead atoms. The Hall–Kier alpha value is -0.870. The maximum absolute atomic E-state index is 13.4. The molecular weight excluding hydrogens is 215 g/mol. The van der Waals surface area contributed by atoms with Crippen molar-refractivity contribution < 1.29 is 14.3 Å². The van der Waals surface area contributed by atoms with Crippen molar-refractivity contribution in [3.05, 3.63) is 29.6 Å². The lowest BCUT2D eigenvalue weighted by Gasteiger charge is -2.11. The molecule has 0 saturated carbocycles. The smallest absolute Gasteiger partial charge is 0.151 e. The van der Waals surface area contributed by atoms with Gasteiger partial charge in [-0.15, -0.1) is 11.8 Å². The van der Waals surface area contributed by atoms with E-state index in [-0.39, 0.29) is 17.7 Å². The Morgan fingerprint density at radius 3 is 2.93 bits per heavy atom. The summed E-state index contributed by atoms with van der Waals surface area (Å²) < 4.78 is 13.4. The number of rotatable bonds is 5. The summed E-state index contributed by atoms with van der Waals surface area (Å²) in [4.78, 5) is 11.1. The third kappa shape index (κ3) is 3.32. The molecule has 0 heterocycles. The predicted molar refractivity (Wildman–Crippen MR) is 58.8 cm³/mol. The van der Waals surface area contributed by atoms with Crippen molar-refractivity contribution in [1.82, 2.24) is 0 Å². The first-order valence-electron chi connectivity index (χ1n) is 4.70. The van der Waals surface area contributed by atoms with Crippen molar-refractivity contribution in [3.8, 4) is 0 Å². The van der Waals surface area contributed by atoms with E-state index in [4.69, 9.17) is 5.11 Å². The number of aldehydes is 1. The Kier molecular flexibility index (Phi) is 4.78. The minimum atomic E-state index is -0.380. The van der Waals surface area contributed by atoms with Gasteiger partial charge in [0.05, 0.1) is 4.90 Å². The molecule has 1 aromatic rings. The molecule has 0 aliphatic heterocycles. The van der Waals surface area contributed by atoms with Crippen molar-refractivity contribution in [3.63, 3.8) is 0 Å². The largest absolute Gasteiger partial charge is 0.396 e. The molecule has 0 radical (unpaired) electrons. The number of aliphatic hydroxyl groups is 1. The van der Waals surface area contributed by atoms with E-state index in [1.54, 1.807) is 6.07 Å². The summed E-state index contributed by atoms with van der Waals surface area (Å²) in [5, 5.41) is 8.82. The molecule has 0 fully saturated rings. The van der Waals surface area contributed by atoms with E-state index in [9.17, 15) is 9.18 Å². The van der Waals surface area contributed by atoms with E-state index >= 15 is 0 Å². The van der Waals surface area contributed by atoms with Crippen LogP contribution in [0.4, 0.5) is 4.39 Å². The molecule has 1 atom stereocenters. The molecule has 2 nitrogen and oxygen atoms in total. The van der Waals surface area contributed by atoms with Gasteiger partial charge < -0.3 is 5.11 Å². The normalized spacial score (nSPS) is 12.5. The predicted octanol–water partition coefficient (Wildman–Crippen LogP) is 2.50. The molecule has 0 aliphatic rings. The summed E-state index contributed by atoms with van der Waals surface area (Å²) >= 11 is 1.28. The van der Waals surface area contributed by atoms with Crippen LogP contribution >= 0.6 is 11.8 Å². The first-order valence-corrected chi connectivity index (χ1v) is 5.58. The number of benzene rings is 1. The van der Waals surface area contributed by atoms with Gasteiger partial charge in [-0.3, -0.25) is 4.79 Å². The second kappa shape index (κ2) is 5.88. The Morgan fingerprint density at radius 2 is 2.33 bits per heavy atom. The van der Waals surface area contributed by atoms with Crippen molar-refractivity contribution >= 4 is 18.0 Å². The van der Waals surface area contributed by atoms with Crippen LogP contribution in [-0.4, -0.2) is 23.2 Å². The van der Waals surface area contributed by atoms with Crippen LogP contribution in [0.2, 0.25) is 0 Å². The molecule has 1 rings (SSSR count). The quantitative estimate of drug-likeness (QED) is 0.621. The average molecular weight is 228 g/mol. The fourth-order valence-electron chi connectivity index (χ4n) is 1.18. The molecule has 15 heavy (non-hydrogen) atoms. The topological polar surface area (TPSA) is 37.3 Å². The standard InChI is InChI=1S/C11H13FO2S/c1-8(5-6-13)15-11-9(7-14)3-2-4-10(11)12/h2-4,7-8,13H,5-6H2,1H3. The Morgan fingerprint density at radius 1 is 1.60 bits per heavy atom. The lowest BCUT2D eigenvalue weighted by Crippen LogP contribution is -2.01. The molecule has 0 aliphatic carbocycles. The van der Waals surface area contributed by atoms with Gasteiger partial charge in [-0.05, 0) is 12.5 Å². The van der Waals surface area contributed by atoms with Crippen molar-refractivity contribution in [2.45, 2.75) is 23.5 Å².